The van der Waals surface area contributed by atoms with E-state index in [1.54, 1.807) is 0 Å². The van der Waals surface area contributed by atoms with Gasteiger partial charge >= 0.3 is 0 Å². The van der Waals surface area contributed by atoms with E-state index < -0.39 is 0 Å². The van der Waals surface area contributed by atoms with Crippen molar-refractivity contribution in [1.29, 1.82) is 0 Å². The van der Waals surface area contributed by atoms with Crippen molar-refractivity contribution in [2.45, 2.75) is 33.6 Å². The second kappa shape index (κ2) is 7.10. The predicted molar refractivity (Wildman–Crippen MR) is 110 cm³/mol. The predicted octanol–water partition coefficient (Wildman–Crippen LogP) is 3.49. The first kappa shape index (κ1) is 17.6. The summed E-state index contributed by atoms with van der Waals surface area (Å²) < 4.78 is 0. The van der Waals surface area contributed by atoms with Crippen LogP contribution in [0, 0.1) is 13.8 Å². The molecule has 140 valence electrons. The average molecular weight is 362 g/mol. The topological polar surface area (TPSA) is 58.0 Å². The molecule has 0 unspecified atom stereocenters. The molecule has 0 saturated carbocycles. The summed E-state index contributed by atoms with van der Waals surface area (Å²) in [6, 6.07) is 10.1. The molecular weight excluding hydrogens is 336 g/mol. The van der Waals surface area contributed by atoms with Crippen molar-refractivity contribution in [3.05, 3.63) is 47.5 Å². The van der Waals surface area contributed by atoms with Crippen LogP contribution in [0.5, 0.6) is 0 Å². The largest absolute Gasteiger partial charge is 0.353 e. The van der Waals surface area contributed by atoms with Crippen LogP contribution in [0.4, 0.5) is 11.6 Å². The van der Waals surface area contributed by atoms with E-state index in [-0.39, 0.29) is 0 Å². The summed E-state index contributed by atoms with van der Waals surface area (Å²) >= 11 is 0. The number of rotatable bonds is 3. The minimum atomic E-state index is 0.334. The van der Waals surface area contributed by atoms with Gasteiger partial charge in [0.1, 0.15) is 11.6 Å². The third kappa shape index (κ3) is 3.56. The lowest BCUT2D eigenvalue weighted by molar-refractivity contribution is 0.634. The highest BCUT2D eigenvalue weighted by Crippen LogP contribution is 2.23. The highest BCUT2D eigenvalue weighted by atomic mass is 15.3. The fourth-order valence-corrected chi connectivity index (χ4v) is 3.52. The van der Waals surface area contributed by atoms with Gasteiger partial charge in [0.05, 0.1) is 16.7 Å². The minimum Gasteiger partial charge on any atom is -0.353 e. The summed E-state index contributed by atoms with van der Waals surface area (Å²) in [7, 11) is 0. The van der Waals surface area contributed by atoms with Gasteiger partial charge in [-0.15, -0.1) is 0 Å². The Balaban J connectivity index is 1.53. The maximum absolute atomic E-state index is 4.87. The summed E-state index contributed by atoms with van der Waals surface area (Å²) in [6.07, 6.45) is 0. The maximum Gasteiger partial charge on any atom is 0.150 e. The Morgan fingerprint density at radius 1 is 0.815 bits per heavy atom. The molecule has 2 aromatic heterocycles. The fourth-order valence-electron chi connectivity index (χ4n) is 3.52. The summed E-state index contributed by atoms with van der Waals surface area (Å²) in [5, 5.41) is 0. The Hall–Kier alpha value is -2.76. The van der Waals surface area contributed by atoms with Crippen molar-refractivity contribution in [3.63, 3.8) is 0 Å². The molecule has 1 aromatic carbocycles. The van der Waals surface area contributed by atoms with Crippen LogP contribution in [-0.2, 0) is 0 Å². The van der Waals surface area contributed by atoms with Gasteiger partial charge in [-0.1, -0.05) is 26.0 Å². The van der Waals surface area contributed by atoms with Gasteiger partial charge in [-0.2, -0.15) is 0 Å². The van der Waals surface area contributed by atoms with Crippen molar-refractivity contribution < 1.29 is 0 Å². The van der Waals surface area contributed by atoms with Crippen LogP contribution in [0.25, 0.3) is 11.0 Å². The molecule has 0 bridgehead atoms. The number of benzene rings is 1. The summed E-state index contributed by atoms with van der Waals surface area (Å²) in [4.78, 5) is 23.6. The van der Waals surface area contributed by atoms with Crippen LogP contribution in [0.1, 0.15) is 37.0 Å². The van der Waals surface area contributed by atoms with Crippen LogP contribution in [0.2, 0.25) is 0 Å². The van der Waals surface area contributed by atoms with E-state index in [9.17, 15) is 0 Å². The quantitative estimate of drug-likeness (QED) is 0.711. The number of piperazine rings is 1. The summed E-state index contributed by atoms with van der Waals surface area (Å²) in [5.74, 6) is 3.28. The Kier molecular flexibility index (Phi) is 4.64. The van der Waals surface area contributed by atoms with E-state index in [1.807, 2.05) is 38.1 Å². The standard InChI is InChI=1S/C21H26N6/c1-14(2)20-22-15(3)13-19(25-20)26-9-11-27(12-10-26)21-16(4)23-17-7-5-6-8-18(17)24-21/h5-8,13-14H,9-12H2,1-4H3. The highest BCUT2D eigenvalue weighted by molar-refractivity contribution is 5.76. The van der Waals surface area contributed by atoms with Crippen molar-refractivity contribution >= 4 is 22.7 Å². The normalized spacial score (nSPS) is 15.0. The van der Waals surface area contributed by atoms with E-state index in [2.05, 4.69) is 34.7 Å². The first-order valence-corrected chi connectivity index (χ1v) is 9.60. The Labute approximate surface area is 160 Å². The number of aromatic nitrogens is 4. The molecule has 0 atom stereocenters. The smallest absolute Gasteiger partial charge is 0.150 e. The second-order valence-corrected chi connectivity index (χ2v) is 7.48. The van der Waals surface area contributed by atoms with Gasteiger partial charge in [0.25, 0.3) is 0 Å². The number of nitrogens with zero attached hydrogens (tertiary/aromatic N) is 6. The molecule has 3 heterocycles. The van der Waals surface area contributed by atoms with Gasteiger partial charge in [0, 0.05) is 43.9 Å². The zero-order chi connectivity index (χ0) is 19.0. The van der Waals surface area contributed by atoms with Gasteiger partial charge in [0.2, 0.25) is 0 Å². The van der Waals surface area contributed by atoms with Crippen LogP contribution in [0.15, 0.2) is 30.3 Å². The fraction of sp³-hybridized carbons (Fsp3) is 0.429. The summed E-state index contributed by atoms with van der Waals surface area (Å²) in [6.45, 7) is 12.0. The molecule has 1 saturated heterocycles. The zero-order valence-electron chi connectivity index (χ0n) is 16.5. The molecule has 3 aromatic rings. The van der Waals surface area contributed by atoms with Crippen LogP contribution < -0.4 is 9.80 Å². The first-order chi connectivity index (χ1) is 13.0. The summed E-state index contributed by atoms with van der Waals surface area (Å²) in [5.41, 5.74) is 3.92. The number of fused-ring (bicyclic) bond motifs is 1. The van der Waals surface area contributed by atoms with Crippen LogP contribution in [-0.4, -0.2) is 46.1 Å². The third-order valence-corrected chi connectivity index (χ3v) is 5.00. The number of hydrogen-bond donors (Lipinski definition) is 0. The SMILES string of the molecule is Cc1cc(N2CCN(c3nc4ccccc4nc3C)CC2)nc(C(C)C)n1. The lowest BCUT2D eigenvalue weighted by Gasteiger charge is -2.36. The Bertz CT molecular complexity index is 960. The van der Waals surface area contributed by atoms with Gasteiger partial charge in [0.15, 0.2) is 5.82 Å². The minimum absolute atomic E-state index is 0.334. The molecule has 6 nitrogen and oxygen atoms in total. The van der Waals surface area contributed by atoms with E-state index >= 15 is 0 Å². The van der Waals surface area contributed by atoms with Gasteiger partial charge < -0.3 is 9.80 Å². The van der Waals surface area contributed by atoms with Gasteiger partial charge in [-0.3, -0.25) is 0 Å². The molecule has 4 rings (SSSR count). The number of aryl methyl sites for hydroxylation is 2. The molecule has 1 aliphatic heterocycles. The van der Waals surface area contributed by atoms with Crippen LogP contribution >= 0.6 is 0 Å². The lowest BCUT2D eigenvalue weighted by atomic mass is 10.2. The van der Waals surface area contributed by atoms with E-state index in [1.165, 1.54) is 0 Å². The van der Waals surface area contributed by atoms with E-state index in [0.717, 1.165) is 66.1 Å². The zero-order valence-corrected chi connectivity index (χ0v) is 16.5. The second-order valence-electron chi connectivity index (χ2n) is 7.48. The third-order valence-electron chi connectivity index (χ3n) is 5.00. The molecule has 0 aliphatic carbocycles. The Morgan fingerprint density at radius 2 is 1.44 bits per heavy atom. The van der Waals surface area contributed by atoms with Gasteiger partial charge in [-0.05, 0) is 26.0 Å². The lowest BCUT2D eigenvalue weighted by Crippen LogP contribution is -2.47. The number of hydrogen-bond acceptors (Lipinski definition) is 6. The molecule has 1 fully saturated rings. The van der Waals surface area contributed by atoms with Gasteiger partial charge in [-0.25, -0.2) is 19.9 Å². The van der Waals surface area contributed by atoms with Crippen LogP contribution in [0.3, 0.4) is 0 Å². The number of anilines is 2. The highest BCUT2D eigenvalue weighted by Gasteiger charge is 2.22. The molecule has 0 radical (unpaired) electrons. The van der Waals surface area contributed by atoms with Crippen molar-refractivity contribution in [2.75, 3.05) is 36.0 Å². The van der Waals surface area contributed by atoms with Crippen molar-refractivity contribution in [3.8, 4) is 0 Å². The van der Waals surface area contributed by atoms with E-state index in [4.69, 9.17) is 15.0 Å². The Morgan fingerprint density at radius 3 is 2.11 bits per heavy atom. The molecule has 1 aliphatic rings. The first-order valence-electron chi connectivity index (χ1n) is 9.60. The molecular formula is C21H26N6. The molecule has 0 amide bonds. The molecule has 0 spiro atoms. The number of para-hydroxylation sites is 2. The molecule has 6 heteroatoms. The van der Waals surface area contributed by atoms with E-state index in [0.29, 0.717) is 5.92 Å². The molecule has 27 heavy (non-hydrogen) atoms. The van der Waals surface area contributed by atoms with Crippen molar-refractivity contribution in [1.82, 2.24) is 19.9 Å². The monoisotopic (exact) mass is 362 g/mol. The van der Waals surface area contributed by atoms with Crippen molar-refractivity contribution in [2.24, 2.45) is 0 Å². The average Bonchev–Trinajstić information content (AvgIpc) is 2.67. The maximum atomic E-state index is 4.87. The molecule has 0 N–H and O–H groups in total.